The molecule has 5 heteroatoms. The maximum atomic E-state index is 12.8. The predicted molar refractivity (Wildman–Crippen MR) is 99.4 cm³/mol. The van der Waals surface area contributed by atoms with Gasteiger partial charge in [-0.3, -0.25) is 4.79 Å². The van der Waals surface area contributed by atoms with Gasteiger partial charge in [0.15, 0.2) is 0 Å². The van der Waals surface area contributed by atoms with E-state index in [1.165, 1.54) is 11.1 Å². The van der Waals surface area contributed by atoms with Crippen LogP contribution in [0.5, 0.6) is 0 Å². The fourth-order valence-corrected chi connectivity index (χ4v) is 3.82. The van der Waals surface area contributed by atoms with Gasteiger partial charge in [-0.1, -0.05) is 51.0 Å². The summed E-state index contributed by atoms with van der Waals surface area (Å²) in [7, 11) is 1.56. The minimum Gasteiger partial charge on any atom is -0.389 e. The van der Waals surface area contributed by atoms with E-state index in [2.05, 4.69) is 43.4 Å². The molecule has 0 aliphatic carbocycles. The van der Waals surface area contributed by atoms with Crippen LogP contribution >= 0.6 is 0 Å². The Labute approximate surface area is 151 Å². The van der Waals surface area contributed by atoms with E-state index < -0.39 is 6.10 Å². The summed E-state index contributed by atoms with van der Waals surface area (Å²) in [6.45, 7) is 6.05. The second kappa shape index (κ2) is 9.90. The quantitative estimate of drug-likeness (QED) is 0.718. The lowest BCUT2D eigenvalue weighted by atomic mass is 9.82. The number of carbonyl (C=O) groups excluding carboxylic acids is 1. The van der Waals surface area contributed by atoms with Crippen LogP contribution in [0.4, 0.5) is 0 Å². The number of carbonyl (C=O) groups is 1. The molecule has 0 radical (unpaired) electrons. The van der Waals surface area contributed by atoms with Gasteiger partial charge < -0.3 is 20.1 Å². The Balaban J connectivity index is 2.08. The van der Waals surface area contributed by atoms with E-state index in [1.54, 1.807) is 7.11 Å². The highest BCUT2D eigenvalue weighted by molar-refractivity contribution is 5.79. The highest BCUT2D eigenvalue weighted by Gasteiger charge is 2.34. The topological polar surface area (TPSA) is 61.8 Å². The van der Waals surface area contributed by atoms with Gasteiger partial charge in [0.25, 0.3) is 0 Å². The number of hydrogen-bond donors (Lipinski definition) is 2. The summed E-state index contributed by atoms with van der Waals surface area (Å²) in [6.07, 6.45) is 2.43. The smallest absolute Gasteiger partial charge is 0.237 e. The molecule has 2 rings (SSSR count). The molecule has 5 nitrogen and oxygen atoms in total. The molecule has 1 aromatic rings. The van der Waals surface area contributed by atoms with Gasteiger partial charge in [-0.2, -0.15) is 0 Å². The van der Waals surface area contributed by atoms with Crippen molar-refractivity contribution in [3.05, 3.63) is 35.4 Å². The predicted octanol–water partition coefficient (Wildman–Crippen LogP) is 2.15. The zero-order valence-corrected chi connectivity index (χ0v) is 15.7. The van der Waals surface area contributed by atoms with E-state index in [-0.39, 0.29) is 25.1 Å². The number of benzene rings is 1. The third-order valence-electron chi connectivity index (χ3n) is 5.16. The van der Waals surface area contributed by atoms with Crippen LogP contribution < -0.4 is 5.32 Å². The molecule has 25 heavy (non-hydrogen) atoms. The first kappa shape index (κ1) is 19.9. The number of methoxy groups -OCH3 is 1. The van der Waals surface area contributed by atoms with Crippen LogP contribution in [0.1, 0.15) is 43.9 Å². The van der Waals surface area contributed by atoms with Gasteiger partial charge >= 0.3 is 0 Å². The molecular formula is C20H32N2O3. The van der Waals surface area contributed by atoms with E-state index in [1.807, 2.05) is 4.90 Å². The molecule has 0 saturated heterocycles. The van der Waals surface area contributed by atoms with Crippen molar-refractivity contribution < 1.29 is 14.6 Å². The van der Waals surface area contributed by atoms with Gasteiger partial charge in [-0.15, -0.1) is 0 Å². The highest BCUT2D eigenvalue weighted by atomic mass is 16.5. The van der Waals surface area contributed by atoms with Crippen molar-refractivity contribution in [2.45, 2.75) is 45.3 Å². The Kier molecular flexibility index (Phi) is 7.88. The molecule has 1 heterocycles. The first-order valence-electron chi connectivity index (χ1n) is 9.37. The monoisotopic (exact) mass is 348 g/mol. The average molecular weight is 348 g/mol. The molecule has 140 valence electrons. The number of amides is 1. The SMILES string of the molecule is CCC(CC)C1c2ccccc2CCN1C(=O)CNC[C@H](O)COC. The molecule has 1 unspecified atom stereocenters. The number of nitrogens with zero attached hydrogens (tertiary/aromatic N) is 1. The number of nitrogens with one attached hydrogen (secondary N) is 1. The third kappa shape index (κ3) is 5.03. The summed E-state index contributed by atoms with van der Waals surface area (Å²) in [5, 5.41) is 12.8. The van der Waals surface area contributed by atoms with Crippen molar-refractivity contribution in [1.82, 2.24) is 10.2 Å². The van der Waals surface area contributed by atoms with Crippen molar-refractivity contribution in [3.63, 3.8) is 0 Å². The molecule has 0 aromatic heterocycles. The first-order valence-corrected chi connectivity index (χ1v) is 9.37. The zero-order valence-electron chi connectivity index (χ0n) is 15.7. The van der Waals surface area contributed by atoms with Gasteiger partial charge in [0.1, 0.15) is 0 Å². The highest BCUT2D eigenvalue weighted by Crippen LogP contribution is 2.38. The fourth-order valence-electron chi connectivity index (χ4n) is 3.82. The van der Waals surface area contributed by atoms with Gasteiger partial charge in [0.2, 0.25) is 5.91 Å². The second-order valence-corrected chi connectivity index (χ2v) is 6.80. The summed E-state index contributed by atoms with van der Waals surface area (Å²) in [6, 6.07) is 8.66. The largest absolute Gasteiger partial charge is 0.389 e. The Bertz CT molecular complexity index is 545. The molecule has 2 atom stereocenters. The Morgan fingerprint density at radius 3 is 2.76 bits per heavy atom. The molecule has 0 saturated carbocycles. The van der Waals surface area contributed by atoms with Crippen molar-refractivity contribution in [2.75, 3.05) is 33.4 Å². The Morgan fingerprint density at radius 2 is 2.08 bits per heavy atom. The van der Waals surface area contributed by atoms with Crippen molar-refractivity contribution in [3.8, 4) is 0 Å². The normalized spacial score (nSPS) is 18.3. The number of fused-ring (bicyclic) bond motifs is 1. The molecule has 0 spiro atoms. The number of aliphatic hydroxyl groups excluding tert-OH is 1. The van der Waals surface area contributed by atoms with E-state index in [0.717, 1.165) is 25.8 Å². The maximum Gasteiger partial charge on any atom is 0.237 e. The summed E-state index contributed by atoms with van der Waals surface area (Å²) >= 11 is 0. The summed E-state index contributed by atoms with van der Waals surface area (Å²) in [5.41, 5.74) is 2.67. The Hall–Kier alpha value is -1.43. The number of aliphatic hydroxyl groups is 1. The van der Waals surface area contributed by atoms with Gasteiger partial charge in [0, 0.05) is 20.2 Å². The number of ether oxygens (including phenoxy) is 1. The van der Waals surface area contributed by atoms with Crippen LogP contribution in [-0.2, 0) is 16.0 Å². The van der Waals surface area contributed by atoms with Gasteiger partial charge in [-0.25, -0.2) is 0 Å². The van der Waals surface area contributed by atoms with Crippen LogP contribution in [-0.4, -0.2) is 55.4 Å². The van der Waals surface area contributed by atoms with E-state index in [0.29, 0.717) is 12.5 Å². The van der Waals surface area contributed by atoms with Gasteiger partial charge in [-0.05, 0) is 23.5 Å². The van der Waals surface area contributed by atoms with Crippen LogP contribution in [0, 0.1) is 5.92 Å². The standard InChI is InChI=1S/C20H32N2O3/c1-4-15(5-2)20-18-9-7-6-8-16(18)10-11-22(20)19(24)13-21-12-17(23)14-25-3/h6-9,15,17,20-21,23H,4-5,10-14H2,1-3H3/t17-,20?/m0/s1. The fraction of sp³-hybridized carbons (Fsp3) is 0.650. The molecule has 1 aliphatic heterocycles. The van der Waals surface area contributed by atoms with Crippen molar-refractivity contribution in [2.24, 2.45) is 5.92 Å². The molecule has 0 fully saturated rings. The molecule has 1 amide bonds. The van der Waals surface area contributed by atoms with Crippen molar-refractivity contribution >= 4 is 5.91 Å². The number of hydrogen-bond acceptors (Lipinski definition) is 4. The van der Waals surface area contributed by atoms with Crippen LogP contribution in [0.25, 0.3) is 0 Å². The van der Waals surface area contributed by atoms with Gasteiger partial charge in [0.05, 0.1) is 25.3 Å². The second-order valence-electron chi connectivity index (χ2n) is 6.80. The lowest BCUT2D eigenvalue weighted by Crippen LogP contribution is -2.47. The lowest BCUT2D eigenvalue weighted by Gasteiger charge is -2.41. The summed E-state index contributed by atoms with van der Waals surface area (Å²) in [5.74, 6) is 0.570. The average Bonchev–Trinajstić information content (AvgIpc) is 2.63. The molecular weight excluding hydrogens is 316 g/mol. The van der Waals surface area contributed by atoms with E-state index >= 15 is 0 Å². The van der Waals surface area contributed by atoms with Crippen molar-refractivity contribution in [1.29, 1.82) is 0 Å². The van der Waals surface area contributed by atoms with E-state index in [9.17, 15) is 9.90 Å². The zero-order chi connectivity index (χ0) is 18.2. The lowest BCUT2D eigenvalue weighted by molar-refractivity contribution is -0.134. The summed E-state index contributed by atoms with van der Waals surface area (Å²) in [4.78, 5) is 14.9. The maximum absolute atomic E-state index is 12.8. The molecule has 0 bridgehead atoms. The Morgan fingerprint density at radius 1 is 1.36 bits per heavy atom. The number of rotatable bonds is 9. The van der Waals surface area contributed by atoms with Crippen LogP contribution in [0.15, 0.2) is 24.3 Å². The summed E-state index contributed by atoms with van der Waals surface area (Å²) < 4.78 is 4.91. The minimum absolute atomic E-state index is 0.107. The minimum atomic E-state index is -0.588. The third-order valence-corrected chi connectivity index (χ3v) is 5.16. The van der Waals surface area contributed by atoms with Crippen LogP contribution in [0.2, 0.25) is 0 Å². The van der Waals surface area contributed by atoms with Crippen LogP contribution in [0.3, 0.4) is 0 Å². The van der Waals surface area contributed by atoms with E-state index in [4.69, 9.17) is 4.74 Å². The first-order chi connectivity index (χ1) is 12.1. The molecule has 1 aliphatic rings. The molecule has 1 aromatic carbocycles. The molecule has 2 N–H and O–H groups in total.